The molecule has 4 rings (SSSR count). The van der Waals surface area contributed by atoms with Crippen LogP contribution >= 0.6 is 0 Å². The maximum absolute atomic E-state index is 13.5. The molecule has 1 aromatic heterocycles. The van der Waals surface area contributed by atoms with Crippen molar-refractivity contribution in [1.82, 2.24) is 9.88 Å². The number of carbonyl (C=O) groups excluding carboxylic acids is 1. The number of hydrogen-bond acceptors (Lipinski definition) is 3. The topological polar surface area (TPSA) is 70.5 Å². The molecular formula is C22H26N2O3. The Bertz CT molecular complexity index is 929. The van der Waals surface area contributed by atoms with Gasteiger partial charge in [0.15, 0.2) is 0 Å². The van der Waals surface area contributed by atoms with Crippen molar-refractivity contribution in [3.05, 3.63) is 40.6 Å². The standard InChI is InChI=1S/C22H26N2O3/c1-12-8-13(2)20-17(9-12)18(10-19(23-20)15-4-5-15)21(25)24(16-6-7-16)11-14(3)22(26)27/h8-10,14-16H,4-7,11H2,1-3H3,(H,26,27). The molecule has 27 heavy (non-hydrogen) atoms. The Labute approximate surface area is 159 Å². The molecule has 142 valence electrons. The predicted octanol–water partition coefficient (Wildman–Crippen LogP) is 4.05. The zero-order valence-corrected chi connectivity index (χ0v) is 16.2. The van der Waals surface area contributed by atoms with Gasteiger partial charge in [-0.1, -0.05) is 18.6 Å². The zero-order chi connectivity index (χ0) is 19.3. The van der Waals surface area contributed by atoms with Crippen LogP contribution in [0.4, 0.5) is 0 Å². The van der Waals surface area contributed by atoms with Crippen LogP contribution in [0.2, 0.25) is 0 Å². The summed E-state index contributed by atoms with van der Waals surface area (Å²) < 4.78 is 0. The monoisotopic (exact) mass is 366 g/mol. The van der Waals surface area contributed by atoms with E-state index in [1.165, 1.54) is 0 Å². The number of fused-ring (bicyclic) bond motifs is 1. The lowest BCUT2D eigenvalue weighted by molar-refractivity contribution is -0.141. The minimum absolute atomic E-state index is 0.0510. The summed E-state index contributed by atoms with van der Waals surface area (Å²) in [5.74, 6) is -1.04. The molecule has 0 bridgehead atoms. The van der Waals surface area contributed by atoms with Crippen molar-refractivity contribution in [2.45, 2.75) is 58.4 Å². The maximum atomic E-state index is 13.5. The van der Waals surface area contributed by atoms with Crippen LogP contribution in [0.15, 0.2) is 18.2 Å². The summed E-state index contributed by atoms with van der Waals surface area (Å²) in [4.78, 5) is 31.5. The Hall–Kier alpha value is -2.43. The van der Waals surface area contributed by atoms with Crippen molar-refractivity contribution < 1.29 is 14.7 Å². The summed E-state index contributed by atoms with van der Waals surface area (Å²) in [6.07, 6.45) is 4.15. The molecule has 0 aliphatic heterocycles. The number of carboxylic acids is 1. The van der Waals surface area contributed by atoms with Gasteiger partial charge in [-0.2, -0.15) is 0 Å². The second-order valence-electron chi connectivity index (χ2n) is 8.27. The Morgan fingerprint density at radius 2 is 1.89 bits per heavy atom. The van der Waals surface area contributed by atoms with E-state index in [2.05, 4.69) is 6.07 Å². The van der Waals surface area contributed by atoms with Gasteiger partial charge >= 0.3 is 5.97 Å². The third-order valence-corrected chi connectivity index (χ3v) is 5.63. The number of carboxylic acid groups (broad SMARTS) is 1. The van der Waals surface area contributed by atoms with E-state index in [4.69, 9.17) is 4.98 Å². The first-order valence-corrected chi connectivity index (χ1v) is 9.81. The molecule has 1 aromatic carbocycles. The number of aromatic nitrogens is 1. The van der Waals surface area contributed by atoms with E-state index < -0.39 is 11.9 Å². The molecule has 2 fully saturated rings. The first kappa shape index (κ1) is 18.0. The number of aliphatic carboxylic acids is 1. The van der Waals surface area contributed by atoms with E-state index in [1.54, 1.807) is 11.8 Å². The minimum atomic E-state index is -0.863. The third kappa shape index (κ3) is 3.55. The van der Waals surface area contributed by atoms with Crippen LogP contribution in [0.1, 0.15) is 65.7 Å². The van der Waals surface area contributed by atoms with Gasteiger partial charge in [-0.15, -0.1) is 0 Å². The molecule has 1 unspecified atom stereocenters. The molecular weight excluding hydrogens is 340 g/mol. The highest BCUT2D eigenvalue weighted by Crippen LogP contribution is 2.41. The van der Waals surface area contributed by atoms with Crippen LogP contribution in [0.3, 0.4) is 0 Å². The van der Waals surface area contributed by atoms with Gasteiger partial charge in [-0.3, -0.25) is 14.6 Å². The van der Waals surface area contributed by atoms with Crippen LogP contribution < -0.4 is 0 Å². The van der Waals surface area contributed by atoms with E-state index >= 15 is 0 Å². The summed E-state index contributed by atoms with van der Waals surface area (Å²) in [6.45, 7) is 5.99. The molecule has 2 saturated carbocycles. The molecule has 5 nitrogen and oxygen atoms in total. The third-order valence-electron chi connectivity index (χ3n) is 5.63. The van der Waals surface area contributed by atoms with Crippen molar-refractivity contribution in [1.29, 1.82) is 0 Å². The van der Waals surface area contributed by atoms with E-state index in [0.29, 0.717) is 11.5 Å². The largest absolute Gasteiger partial charge is 0.481 e. The van der Waals surface area contributed by atoms with Gasteiger partial charge in [-0.05, 0) is 57.2 Å². The molecule has 0 radical (unpaired) electrons. The first-order chi connectivity index (χ1) is 12.8. The second kappa shape index (κ2) is 6.63. The molecule has 2 aliphatic rings. The smallest absolute Gasteiger partial charge is 0.308 e. The number of nitrogens with zero attached hydrogens (tertiary/aromatic N) is 2. The lowest BCUT2D eigenvalue weighted by atomic mass is 9.99. The van der Waals surface area contributed by atoms with Crippen molar-refractivity contribution >= 4 is 22.8 Å². The lowest BCUT2D eigenvalue weighted by Gasteiger charge is -2.25. The highest BCUT2D eigenvalue weighted by atomic mass is 16.4. The van der Waals surface area contributed by atoms with Gasteiger partial charge in [0.25, 0.3) is 5.91 Å². The normalized spacial score (nSPS) is 17.7. The molecule has 2 aromatic rings. The molecule has 0 saturated heterocycles. The number of benzene rings is 1. The first-order valence-electron chi connectivity index (χ1n) is 9.81. The number of aryl methyl sites for hydroxylation is 2. The van der Waals surface area contributed by atoms with Crippen LogP contribution in [0.25, 0.3) is 10.9 Å². The van der Waals surface area contributed by atoms with E-state index in [9.17, 15) is 14.7 Å². The number of amides is 1. The summed E-state index contributed by atoms with van der Waals surface area (Å²) in [5, 5.41) is 10.2. The predicted molar refractivity (Wildman–Crippen MR) is 104 cm³/mol. The molecule has 1 amide bonds. The fraction of sp³-hybridized carbons (Fsp3) is 0.500. The molecule has 5 heteroatoms. The average molecular weight is 366 g/mol. The summed E-state index contributed by atoms with van der Waals surface area (Å²) in [6, 6.07) is 6.26. The summed E-state index contributed by atoms with van der Waals surface area (Å²) in [5.41, 5.74) is 4.76. The van der Waals surface area contributed by atoms with E-state index in [-0.39, 0.29) is 18.5 Å². The van der Waals surface area contributed by atoms with Gasteiger partial charge in [0, 0.05) is 29.6 Å². The second-order valence-corrected chi connectivity index (χ2v) is 8.27. The Morgan fingerprint density at radius 3 is 2.48 bits per heavy atom. The average Bonchev–Trinajstić information content (AvgIpc) is 3.50. The number of pyridine rings is 1. The number of hydrogen-bond donors (Lipinski definition) is 1. The van der Waals surface area contributed by atoms with Gasteiger partial charge < -0.3 is 10.0 Å². The van der Waals surface area contributed by atoms with Crippen molar-refractivity contribution in [3.63, 3.8) is 0 Å². The quantitative estimate of drug-likeness (QED) is 0.837. The van der Waals surface area contributed by atoms with Crippen LogP contribution in [-0.2, 0) is 4.79 Å². The SMILES string of the molecule is Cc1cc(C)c2nc(C3CC3)cc(C(=O)N(CC(C)C(=O)O)C3CC3)c2c1. The molecule has 1 N–H and O–H groups in total. The van der Waals surface area contributed by atoms with Crippen molar-refractivity contribution in [3.8, 4) is 0 Å². The molecule has 0 spiro atoms. The fourth-order valence-corrected chi connectivity index (χ4v) is 3.78. The summed E-state index contributed by atoms with van der Waals surface area (Å²) in [7, 11) is 0. The van der Waals surface area contributed by atoms with Gasteiger partial charge in [0.2, 0.25) is 0 Å². The molecule has 2 aliphatic carbocycles. The van der Waals surface area contributed by atoms with Crippen molar-refractivity contribution in [2.75, 3.05) is 6.54 Å². The number of carbonyl (C=O) groups is 2. The Morgan fingerprint density at radius 1 is 1.19 bits per heavy atom. The lowest BCUT2D eigenvalue weighted by Crippen LogP contribution is -2.38. The number of rotatable bonds is 6. The van der Waals surface area contributed by atoms with Crippen LogP contribution in [0, 0.1) is 19.8 Å². The Balaban J connectivity index is 1.80. The summed E-state index contributed by atoms with van der Waals surface area (Å²) >= 11 is 0. The molecule has 1 atom stereocenters. The minimum Gasteiger partial charge on any atom is -0.481 e. The zero-order valence-electron chi connectivity index (χ0n) is 16.2. The van der Waals surface area contributed by atoms with Gasteiger partial charge in [0.05, 0.1) is 17.0 Å². The van der Waals surface area contributed by atoms with Gasteiger partial charge in [0.1, 0.15) is 0 Å². The Kier molecular flexibility index (Phi) is 4.41. The van der Waals surface area contributed by atoms with Gasteiger partial charge in [-0.25, -0.2) is 0 Å². The van der Waals surface area contributed by atoms with E-state index in [0.717, 1.165) is 53.4 Å². The molecule has 1 heterocycles. The fourth-order valence-electron chi connectivity index (χ4n) is 3.78. The highest BCUT2D eigenvalue weighted by Gasteiger charge is 2.36. The maximum Gasteiger partial charge on any atom is 0.308 e. The van der Waals surface area contributed by atoms with Crippen LogP contribution in [-0.4, -0.2) is 39.5 Å². The van der Waals surface area contributed by atoms with E-state index in [1.807, 2.05) is 26.0 Å². The van der Waals surface area contributed by atoms with Crippen LogP contribution in [0.5, 0.6) is 0 Å². The van der Waals surface area contributed by atoms with Crippen molar-refractivity contribution in [2.24, 2.45) is 5.92 Å². The highest BCUT2D eigenvalue weighted by molar-refractivity contribution is 6.07.